The summed E-state index contributed by atoms with van der Waals surface area (Å²) in [6, 6.07) is 9.14. The Morgan fingerprint density at radius 2 is 1.94 bits per heavy atom. The van der Waals surface area contributed by atoms with Crippen LogP contribution in [0.25, 0.3) is 0 Å². The zero-order valence-electron chi connectivity index (χ0n) is 10.3. The van der Waals surface area contributed by atoms with Crippen LogP contribution in [0.1, 0.15) is 12.8 Å². The van der Waals surface area contributed by atoms with Gasteiger partial charge in [-0.05, 0) is 25.0 Å². The predicted octanol–water partition coefficient (Wildman–Crippen LogP) is 1.32. The average Bonchev–Trinajstić information content (AvgIpc) is 2.41. The molecule has 1 saturated heterocycles. The first kappa shape index (κ1) is 12.9. The zero-order valence-corrected chi connectivity index (χ0v) is 10.3. The molecule has 1 aromatic carbocycles. The first-order chi connectivity index (χ1) is 8.74. The molecule has 0 radical (unpaired) electrons. The summed E-state index contributed by atoms with van der Waals surface area (Å²) in [5.41, 5.74) is 6.22. The number of hydrogen-bond donors (Lipinski definition) is 3. The predicted molar refractivity (Wildman–Crippen MR) is 70.4 cm³/mol. The minimum Gasteiger partial charge on any atom is -0.381 e. The van der Waals surface area contributed by atoms with E-state index < -0.39 is 0 Å². The molecule has 0 bridgehead atoms. The molecule has 0 atom stereocenters. The van der Waals surface area contributed by atoms with Gasteiger partial charge in [0.15, 0.2) is 0 Å². The summed E-state index contributed by atoms with van der Waals surface area (Å²) in [6.45, 7) is 1.71. The summed E-state index contributed by atoms with van der Waals surface area (Å²) in [5.74, 6) is 0. The summed E-state index contributed by atoms with van der Waals surface area (Å²) in [5, 5.41) is 5.78. The highest BCUT2D eigenvalue weighted by atomic mass is 16.5. The number of amides is 2. The first-order valence-corrected chi connectivity index (χ1v) is 6.16. The number of carbonyl (C=O) groups is 1. The van der Waals surface area contributed by atoms with Gasteiger partial charge in [-0.3, -0.25) is 0 Å². The van der Waals surface area contributed by atoms with Crippen molar-refractivity contribution in [3.05, 3.63) is 30.3 Å². The number of carbonyl (C=O) groups excluding carboxylic acids is 1. The smallest absolute Gasteiger partial charge is 0.319 e. The Kier molecular flexibility index (Phi) is 4.17. The van der Waals surface area contributed by atoms with Gasteiger partial charge in [0.2, 0.25) is 0 Å². The number of para-hydroxylation sites is 1. The Labute approximate surface area is 107 Å². The van der Waals surface area contributed by atoms with Crippen molar-refractivity contribution in [1.29, 1.82) is 0 Å². The van der Waals surface area contributed by atoms with Crippen LogP contribution in [0.2, 0.25) is 0 Å². The fourth-order valence-electron chi connectivity index (χ4n) is 2.07. The van der Waals surface area contributed by atoms with E-state index in [1.807, 2.05) is 30.3 Å². The molecular formula is C13H19N3O2. The Morgan fingerprint density at radius 3 is 2.56 bits per heavy atom. The second-order valence-electron chi connectivity index (χ2n) is 4.54. The largest absolute Gasteiger partial charge is 0.381 e. The van der Waals surface area contributed by atoms with E-state index >= 15 is 0 Å². The molecule has 0 aromatic heterocycles. The number of anilines is 1. The van der Waals surface area contributed by atoms with Gasteiger partial charge in [0.25, 0.3) is 0 Å². The molecule has 0 unspecified atom stereocenters. The minimum absolute atomic E-state index is 0.214. The Balaban J connectivity index is 1.93. The van der Waals surface area contributed by atoms with Crippen molar-refractivity contribution >= 4 is 11.7 Å². The van der Waals surface area contributed by atoms with Gasteiger partial charge in [-0.15, -0.1) is 0 Å². The lowest BCUT2D eigenvalue weighted by atomic mass is 9.90. The lowest BCUT2D eigenvalue weighted by Gasteiger charge is -2.36. The molecule has 5 heteroatoms. The lowest BCUT2D eigenvalue weighted by molar-refractivity contribution is 0.0463. The molecule has 1 aromatic rings. The van der Waals surface area contributed by atoms with Crippen molar-refractivity contribution in [1.82, 2.24) is 5.32 Å². The topological polar surface area (TPSA) is 76.4 Å². The maximum atomic E-state index is 11.9. The van der Waals surface area contributed by atoms with Crippen molar-refractivity contribution < 1.29 is 9.53 Å². The van der Waals surface area contributed by atoms with E-state index in [-0.39, 0.29) is 11.6 Å². The van der Waals surface area contributed by atoms with E-state index in [2.05, 4.69) is 10.6 Å². The summed E-state index contributed by atoms with van der Waals surface area (Å²) in [7, 11) is 0. The molecule has 0 aliphatic carbocycles. The fourth-order valence-corrected chi connectivity index (χ4v) is 2.07. The van der Waals surface area contributed by atoms with E-state index in [1.54, 1.807) is 0 Å². The Bertz CT molecular complexity index is 388. The molecule has 2 amide bonds. The van der Waals surface area contributed by atoms with Crippen molar-refractivity contribution in [3.63, 3.8) is 0 Å². The summed E-state index contributed by atoms with van der Waals surface area (Å²) >= 11 is 0. The third-order valence-electron chi connectivity index (χ3n) is 3.25. The molecule has 0 saturated carbocycles. The van der Waals surface area contributed by atoms with E-state index in [9.17, 15) is 4.79 Å². The van der Waals surface area contributed by atoms with E-state index in [4.69, 9.17) is 10.5 Å². The average molecular weight is 249 g/mol. The third-order valence-corrected chi connectivity index (χ3v) is 3.25. The van der Waals surface area contributed by atoms with Crippen molar-refractivity contribution in [2.45, 2.75) is 18.4 Å². The maximum absolute atomic E-state index is 11.9. The van der Waals surface area contributed by atoms with Crippen LogP contribution >= 0.6 is 0 Å². The monoisotopic (exact) mass is 249 g/mol. The second-order valence-corrected chi connectivity index (χ2v) is 4.54. The minimum atomic E-state index is -0.336. The van der Waals surface area contributed by atoms with Gasteiger partial charge in [0, 0.05) is 25.4 Å². The number of nitrogens with two attached hydrogens (primary N) is 1. The van der Waals surface area contributed by atoms with Crippen LogP contribution in [-0.2, 0) is 4.74 Å². The summed E-state index contributed by atoms with van der Waals surface area (Å²) in [4.78, 5) is 11.9. The van der Waals surface area contributed by atoms with Crippen molar-refractivity contribution in [2.75, 3.05) is 25.1 Å². The number of hydrogen-bond acceptors (Lipinski definition) is 3. The highest BCUT2D eigenvalue weighted by Gasteiger charge is 2.32. The molecule has 2 rings (SSSR count). The Hall–Kier alpha value is -1.59. The van der Waals surface area contributed by atoms with Crippen LogP contribution in [0, 0.1) is 0 Å². The van der Waals surface area contributed by atoms with Crippen LogP contribution in [-0.4, -0.2) is 31.3 Å². The van der Waals surface area contributed by atoms with Gasteiger partial charge in [-0.1, -0.05) is 18.2 Å². The SMILES string of the molecule is NCC1(NC(=O)Nc2ccccc2)CCOCC1. The van der Waals surface area contributed by atoms with Gasteiger partial charge in [0.05, 0.1) is 5.54 Å². The highest BCUT2D eigenvalue weighted by molar-refractivity contribution is 5.89. The highest BCUT2D eigenvalue weighted by Crippen LogP contribution is 2.19. The van der Waals surface area contributed by atoms with Gasteiger partial charge < -0.3 is 21.1 Å². The molecule has 0 spiro atoms. The maximum Gasteiger partial charge on any atom is 0.319 e. The summed E-state index contributed by atoms with van der Waals surface area (Å²) < 4.78 is 5.30. The zero-order chi connectivity index (χ0) is 12.8. The van der Waals surface area contributed by atoms with E-state index in [0.29, 0.717) is 19.8 Å². The molecule has 98 valence electrons. The number of nitrogens with one attached hydrogen (secondary N) is 2. The molecule has 4 N–H and O–H groups in total. The van der Waals surface area contributed by atoms with Crippen LogP contribution < -0.4 is 16.4 Å². The van der Waals surface area contributed by atoms with E-state index in [0.717, 1.165) is 18.5 Å². The number of rotatable bonds is 3. The second kappa shape index (κ2) is 5.84. The summed E-state index contributed by atoms with van der Waals surface area (Å²) in [6.07, 6.45) is 1.51. The van der Waals surface area contributed by atoms with Crippen LogP contribution in [0.3, 0.4) is 0 Å². The number of ether oxygens (including phenoxy) is 1. The van der Waals surface area contributed by atoms with Crippen LogP contribution in [0.15, 0.2) is 30.3 Å². The van der Waals surface area contributed by atoms with Gasteiger partial charge in [0.1, 0.15) is 0 Å². The van der Waals surface area contributed by atoms with Gasteiger partial charge in [-0.25, -0.2) is 4.79 Å². The quantitative estimate of drug-likeness (QED) is 0.756. The molecular weight excluding hydrogens is 230 g/mol. The number of urea groups is 1. The molecule has 1 aliphatic rings. The normalized spacial score (nSPS) is 18.1. The molecule has 1 fully saturated rings. The standard InChI is InChI=1S/C13H19N3O2/c14-10-13(6-8-18-9-7-13)16-12(17)15-11-4-2-1-3-5-11/h1-5H,6-10,14H2,(H2,15,16,17). The molecule has 1 aliphatic heterocycles. The third kappa shape index (κ3) is 3.21. The van der Waals surface area contributed by atoms with Crippen molar-refractivity contribution in [3.8, 4) is 0 Å². The fraction of sp³-hybridized carbons (Fsp3) is 0.462. The molecule has 18 heavy (non-hydrogen) atoms. The number of benzene rings is 1. The Morgan fingerprint density at radius 1 is 1.28 bits per heavy atom. The first-order valence-electron chi connectivity index (χ1n) is 6.16. The van der Waals surface area contributed by atoms with Crippen LogP contribution in [0.4, 0.5) is 10.5 Å². The lowest BCUT2D eigenvalue weighted by Crippen LogP contribution is -2.57. The van der Waals surface area contributed by atoms with Gasteiger partial charge in [-0.2, -0.15) is 0 Å². The molecule has 5 nitrogen and oxygen atoms in total. The van der Waals surface area contributed by atoms with E-state index in [1.165, 1.54) is 0 Å². The molecule has 1 heterocycles. The van der Waals surface area contributed by atoms with Crippen molar-refractivity contribution in [2.24, 2.45) is 5.73 Å². The van der Waals surface area contributed by atoms with Crippen LogP contribution in [0.5, 0.6) is 0 Å². The van der Waals surface area contributed by atoms with Gasteiger partial charge >= 0.3 is 6.03 Å².